The minimum atomic E-state index is -0.172. The van der Waals surface area contributed by atoms with E-state index < -0.39 is 0 Å². The third-order valence-electron chi connectivity index (χ3n) is 5.55. The van der Waals surface area contributed by atoms with Crippen LogP contribution in [0.1, 0.15) is 54.6 Å². The van der Waals surface area contributed by atoms with Crippen LogP contribution in [0.2, 0.25) is 0 Å². The summed E-state index contributed by atoms with van der Waals surface area (Å²) in [7, 11) is 0. The van der Waals surface area contributed by atoms with Gasteiger partial charge in [-0.2, -0.15) is 4.80 Å². The Hall–Kier alpha value is -3.67. The van der Waals surface area contributed by atoms with Crippen LogP contribution >= 0.6 is 0 Å². The van der Waals surface area contributed by atoms with E-state index in [2.05, 4.69) is 41.5 Å². The number of rotatable bonds is 9. The number of hydrogen-bond acceptors (Lipinski definition) is 4. The fourth-order valence-corrected chi connectivity index (χ4v) is 3.61. The molecule has 0 radical (unpaired) electrons. The molecule has 1 aromatic heterocycles. The Morgan fingerprint density at radius 1 is 0.939 bits per heavy atom. The first kappa shape index (κ1) is 22.5. The number of benzene rings is 3. The van der Waals surface area contributed by atoms with Crippen LogP contribution in [0.3, 0.4) is 0 Å². The number of nitrogens with zero attached hydrogens (tertiary/aromatic N) is 3. The topological polar surface area (TPSA) is 69.0 Å². The largest absolute Gasteiger partial charge is 0.494 e. The maximum atomic E-state index is 12.8. The monoisotopic (exact) mass is 442 g/mol. The molecule has 0 aliphatic rings. The van der Waals surface area contributed by atoms with Crippen molar-refractivity contribution in [2.24, 2.45) is 0 Å². The van der Waals surface area contributed by atoms with Crippen LogP contribution in [0.4, 0.5) is 5.69 Å². The molecule has 1 amide bonds. The number of carbonyl (C=O) groups is 1. The number of carbonyl (C=O) groups excluding carboxylic acids is 1. The zero-order valence-electron chi connectivity index (χ0n) is 19.5. The Morgan fingerprint density at radius 3 is 2.30 bits per heavy atom. The van der Waals surface area contributed by atoms with Gasteiger partial charge >= 0.3 is 0 Å². The van der Waals surface area contributed by atoms with Crippen LogP contribution in [0.25, 0.3) is 16.7 Å². The van der Waals surface area contributed by atoms with Gasteiger partial charge < -0.3 is 10.1 Å². The lowest BCUT2D eigenvalue weighted by molar-refractivity contribution is 0.102. The van der Waals surface area contributed by atoms with Gasteiger partial charge in [-0.3, -0.25) is 4.79 Å². The molecular weight excluding hydrogens is 412 g/mol. The van der Waals surface area contributed by atoms with Gasteiger partial charge in [-0.1, -0.05) is 32.4 Å². The number of aryl methyl sites for hydroxylation is 2. The van der Waals surface area contributed by atoms with Crippen molar-refractivity contribution in [3.63, 3.8) is 0 Å². The quantitative estimate of drug-likeness (QED) is 0.339. The first-order valence-corrected chi connectivity index (χ1v) is 11.6. The summed E-state index contributed by atoms with van der Waals surface area (Å²) < 4.78 is 5.59. The van der Waals surface area contributed by atoms with Crippen molar-refractivity contribution >= 4 is 22.6 Å². The molecule has 0 spiro atoms. The van der Waals surface area contributed by atoms with Gasteiger partial charge in [0.25, 0.3) is 5.91 Å². The number of aromatic nitrogens is 3. The normalized spacial score (nSPS) is 11.0. The molecule has 4 rings (SSSR count). The highest BCUT2D eigenvalue weighted by Crippen LogP contribution is 2.23. The lowest BCUT2D eigenvalue weighted by Crippen LogP contribution is -2.12. The minimum Gasteiger partial charge on any atom is -0.494 e. The molecule has 0 bridgehead atoms. The molecule has 6 nitrogen and oxygen atoms in total. The molecule has 0 aliphatic carbocycles. The number of hydrogen-bond donors (Lipinski definition) is 1. The Kier molecular flexibility index (Phi) is 7.03. The van der Waals surface area contributed by atoms with Gasteiger partial charge in [0.05, 0.1) is 12.3 Å². The molecule has 33 heavy (non-hydrogen) atoms. The Balaban J connectivity index is 1.51. The van der Waals surface area contributed by atoms with Crippen LogP contribution in [0.15, 0.2) is 60.7 Å². The summed E-state index contributed by atoms with van der Waals surface area (Å²) in [6, 6.07) is 19.4. The molecule has 1 N–H and O–H groups in total. The van der Waals surface area contributed by atoms with Gasteiger partial charge in [-0.15, -0.1) is 10.2 Å². The first-order valence-electron chi connectivity index (χ1n) is 11.6. The summed E-state index contributed by atoms with van der Waals surface area (Å²) >= 11 is 0. The molecular formula is C27H30N4O2. The molecule has 0 saturated heterocycles. The van der Waals surface area contributed by atoms with Gasteiger partial charge in [0.2, 0.25) is 0 Å². The van der Waals surface area contributed by atoms with Gasteiger partial charge in [0.15, 0.2) is 0 Å². The fourth-order valence-electron chi connectivity index (χ4n) is 3.61. The number of nitrogens with one attached hydrogen (secondary N) is 1. The molecule has 3 aromatic carbocycles. The third kappa shape index (κ3) is 5.40. The highest BCUT2D eigenvalue weighted by Gasteiger charge is 2.12. The van der Waals surface area contributed by atoms with Crippen molar-refractivity contribution in [1.29, 1.82) is 0 Å². The van der Waals surface area contributed by atoms with Gasteiger partial charge in [-0.25, -0.2) is 0 Å². The number of ether oxygens (including phenoxy) is 1. The third-order valence-corrected chi connectivity index (χ3v) is 5.55. The van der Waals surface area contributed by atoms with E-state index in [9.17, 15) is 4.79 Å². The van der Waals surface area contributed by atoms with E-state index in [0.29, 0.717) is 12.2 Å². The summed E-state index contributed by atoms with van der Waals surface area (Å²) in [5.41, 5.74) is 5.99. The SMILES string of the molecule is CCCCc1ccc(-n2nc3cc(C)c(NC(=O)c4ccc(OCCC)cc4)cc3n2)cc1. The van der Waals surface area contributed by atoms with E-state index in [-0.39, 0.29) is 5.91 Å². The highest BCUT2D eigenvalue weighted by molar-refractivity contribution is 6.05. The summed E-state index contributed by atoms with van der Waals surface area (Å²) in [6.07, 6.45) is 4.40. The fraction of sp³-hybridized carbons (Fsp3) is 0.296. The Labute approximate surface area is 194 Å². The van der Waals surface area contributed by atoms with E-state index >= 15 is 0 Å². The second kappa shape index (κ2) is 10.3. The van der Waals surface area contributed by atoms with Crippen molar-refractivity contribution in [1.82, 2.24) is 15.0 Å². The zero-order chi connectivity index (χ0) is 23.2. The number of anilines is 1. The van der Waals surface area contributed by atoms with Crippen molar-refractivity contribution < 1.29 is 9.53 Å². The van der Waals surface area contributed by atoms with E-state index in [1.807, 2.05) is 43.3 Å². The lowest BCUT2D eigenvalue weighted by Gasteiger charge is -2.09. The molecule has 4 aromatic rings. The van der Waals surface area contributed by atoms with Crippen molar-refractivity contribution in [3.8, 4) is 11.4 Å². The zero-order valence-corrected chi connectivity index (χ0v) is 19.5. The van der Waals surface area contributed by atoms with E-state index in [1.165, 1.54) is 18.4 Å². The summed E-state index contributed by atoms with van der Waals surface area (Å²) in [4.78, 5) is 14.4. The molecule has 1 heterocycles. The first-order chi connectivity index (χ1) is 16.1. The summed E-state index contributed by atoms with van der Waals surface area (Å²) in [5, 5.41) is 12.3. The van der Waals surface area contributed by atoms with Crippen LogP contribution in [-0.4, -0.2) is 27.5 Å². The van der Waals surface area contributed by atoms with Gasteiger partial charge in [0, 0.05) is 11.3 Å². The van der Waals surface area contributed by atoms with Crippen LogP contribution < -0.4 is 10.1 Å². The molecule has 0 saturated carbocycles. The maximum absolute atomic E-state index is 12.8. The maximum Gasteiger partial charge on any atom is 0.255 e. The average Bonchev–Trinajstić information content (AvgIpc) is 3.25. The van der Waals surface area contributed by atoms with E-state index in [1.54, 1.807) is 16.9 Å². The van der Waals surface area contributed by atoms with E-state index in [0.717, 1.165) is 46.6 Å². The van der Waals surface area contributed by atoms with Crippen LogP contribution in [0, 0.1) is 6.92 Å². The van der Waals surface area contributed by atoms with Crippen LogP contribution in [-0.2, 0) is 6.42 Å². The standard InChI is InChI=1S/C27H30N4O2/c1-4-6-7-20-8-12-22(13-9-20)31-29-25-17-19(3)24(18-26(25)30-31)28-27(32)21-10-14-23(15-11-21)33-16-5-2/h8-15,17-18H,4-7,16H2,1-3H3,(H,28,32). The predicted molar refractivity (Wildman–Crippen MR) is 132 cm³/mol. The van der Waals surface area contributed by atoms with Crippen molar-refractivity contribution in [2.75, 3.05) is 11.9 Å². The molecule has 170 valence electrons. The number of unbranched alkanes of at least 4 members (excludes halogenated alkanes) is 1. The predicted octanol–water partition coefficient (Wildman–Crippen LogP) is 6.11. The van der Waals surface area contributed by atoms with Gasteiger partial charge in [0.1, 0.15) is 16.8 Å². The average molecular weight is 443 g/mol. The van der Waals surface area contributed by atoms with Crippen LogP contribution in [0.5, 0.6) is 5.75 Å². The van der Waals surface area contributed by atoms with Gasteiger partial charge in [-0.05, 0) is 85.8 Å². The lowest BCUT2D eigenvalue weighted by atomic mass is 10.1. The minimum absolute atomic E-state index is 0.172. The smallest absolute Gasteiger partial charge is 0.255 e. The molecule has 0 aliphatic heterocycles. The summed E-state index contributed by atoms with van der Waals surface area (Å²) in [6.45, 7) is 6.88. The molecule has 0 fully saturated rings. The number of amides is 1. The Bertz CT molecular complexity index is 1230. The second-order valence-corrected chi connectivity index (χ2v) is 8.24. The Morgan fingerprint density at radius 2 is 1.64 bits per heavy atom. The summed E-state index contributed by atoms with van der Waals surface area (Å²) in [5.74, 6) is 0.593. The van der Waals surface area contributed by atoms with Crippen molar-refractivity contribution in [2.45, 2.75) is 46.5 Å². The molecule has 0 atom stereocenters. The second-order valence-electron chi connectivity index (χ2n) is 8.24. The molecule has 6 heteroatoms. The van der Waals surface area contributed by atoms with E-state index in [4.69, 9.17) is 4.74 Å². The number of fused-ring (bicyclic) bond motifs is 1. The molecule has 0 unspecified atom stereocenters. The van der Waals surface area contributed by atoms with Crippen molar-refractivity contribution in [3.05, 3.63) is 77.4 Å². The highest BCUT2D eigenvalue weighted by atomic mass is 16.5.